The Balaban J connectivity index is 1.39. The Labute approximate surface area is 335 Å². The number of halogens is 12. The topological polar surface area (TPSA) is 91.8 Å². The Kier molecular flexibility index (Phi) is 9.77. The third kappa shape index (κ3) is 6.60. The van der Waals surface area contributed by atoms with Gasteiger partial charge in [0.05, 0.1) is 39.1 Å². The maximum absolute atomic E-state index is 15.3. The van der Waals surface area contributed by atoms with Crippen molar-refractivity contribution in [3.63, 3.8) is 0 Å². The summed E-state index contributed by atoms with van der Waals surface area (Å²) in [5.41, 5.74) is -14.9. The highest BCUT2D eigenvalue weighted by Crippen LogP contribution is 2.57. The van der Waals surface area contributed by atoms with E-state index in [1.54, 1.807) is 0 Å². The molecule has 7 nitrogen and oxygen atoms in total. The number of nitrogens with zero attached hydrogens (tertiary/aromatic N) is 2. The number of hydrogen-bond donors (Lipinski definition) is 0. The Hall–Kier alpha value is -6.23. The number of amides is 4. The molecule has 2 aliphatic heterocycles. The molecule has 1 atom stereocenters. The highest BCUT2D eigenvalue weighted by Gasteiger charge is 2.73. The first-order chi connectivity index (χ1) is 28.1. The lowest BCUT2D eigenvalue weighted by molar-refractivity contribution is -0.288. The lowest BCUT2D eigenvalue weighted by Crippen LogP contribution is -2.55. The summed E-state index contributed by atoms with van der Waals surface area (Å²) in [6, 6.07) is 11.7. The van der Waals surface area contributed by atoms with Gasteiger partial charge < -0.3 is 4.57 Å². The minimum absolute atomic E-state index is 0.177. The van der Waals surface area contributed by atoms with E-state index in [2.05, 4.69) is 0 Å². The third-order valence-electron chi connectivity index (χ3n) is 10.4. The van der Waals surface area contributed by atoms with Crippen molar-refractivity contribution < 1.29 is 76.4 Å². The van der Waals surface area contributed by atoms with E-state index in [-0.39, 0.29) is 40.5 Å². The summed E-state index contributed by atoms with van der Waals surface area (Å²) in [5.74, 6) is -4.99. The van der Waals surface area contributed by atoms with Gasteiger partial charge in [0.25, 0.3) is 23.6 Å². The number of imide groups is 2. The molecule has 5 aromatic carbocycles. The Morgan fingerprint density at radius 3 is 1.39 bits per heavy atom. The van der Waals surface area contributed by atoms with Crippen molar-refractivity contribution in [2.24, 2.45) is 0 Å². The average Bonchev–Trinajstić information content (AvgIpc) is 3.54. The van der Waals surface area contributed by atoms with Crippen LogP contribution in [-0.2, 0) is 22.3 Å². The van der Waals surface area contributed by atoms with Crippen molar-refractivity contribution in [3.05, 3.63) is 153 Å². The molecule has 5 aromatic rings. The van der Waals surface area contributed by atoms with E-state index in [4.69, 9.17) is 0 Å². The van der Waals surface area contributed by atoms with Gasteiger partial charge in [-0.05, 0) is 78.7 Å². The van der Waals surface area contributed by atoms with Gasteiger partial charge in [-0.1, -0.05) is 48.0 Å². The first-order valence-electron chi connectivity index (χ1n) is 17.4. The van der Waals surface area contributed by atoms with Crippen LogP contribution in [0.4, 0.5) is 58.4 Å². The van der Waals surface area contributed by atoms with Crippen LogP contribution in [0.15, 0.2) is 103 Å². The zero-order chi connectivity index (χ0) is 45.0. The van der Waals surface area contributed by atoms with Gasteiger partial charge >= 0.3 is 24.7 Å². The number of fused-ring (bicyclic) bond motifs is 2. The lowest BCUT2D eigenvalue weighted by Gasteiger charge is -2.38. The van der Waals surface area contributed by atoms with Gasteiger partial charge in [0.2, 0.25) is 5.41 Å². The van der Waals surface area contributed by atoms with Crippen LogP contribution >= 0.6 is 7.14 Å². The predicted octanol–water partition coefficient (Wildman–Crippen LogP) is 9.11. The highest BCUT2D eigenvalue weighted by atomic mass is 31.2. The molecule has 0 radical (unpaired) electrons. The van der Waals surface area contributed by atoms with E-state index in [9.17, 15) is 45.5 Å². The SMILES string of the molecule is Cc1cccc(P(=O)(c2cccc(N3C(=O)c4ccc(C(c5ccc6c(c5)C(=O)N(C)C6=O)(C(F)(F)F)C(F)(F)F)cc4C3=O)c2)c2cc(C(F)(F)F)cc(C(F)(F)F)c2)c1. The second kappa shape index (κ2) is 13.9. The van der Waals surface area contributed by atoms with Gasteiger partial charge in [-0.25, -0.2) is 4.90 Å². The van der Waals surface area contributed by atoms with Crippen molar-refractivity contribution in [1.29, 1.82) is 0 Å². The minimum atomic E-state index is -6.25. The van der Waals surface area contributed by atoms with Crippen LogP contribution in [0.3, 0.4) is 0 Å². The fourth-order valence-electron chi connectivity index (χ4n) is 7.50. The summed E-state index contributed by atoms with van der Waals surface area (Å²) in [5, 5.41) is -1.74. The van der Waals surface area contributed by atoms with Crippen LogP contribution in [0.2, 0.25) is 0 Å². The van der Waals surface area contributed by atoms with Crippen LogP contribution in [0.5, 0.6) is 0 Å². The number of anilines is 1. The molecule has 0 bridgehead atoms. The molecule has 0 N–H and O–H groups in total. The third-order valence-corrected chi connectivity index (χ3v) is 13.4. The molecule has 61 heavy (non-hydrogen) atoms. The molecule has 0 saturated carbocycles. The highest BCUT2D eigenvalue weighted by molar-refractivity contribution is 7.85. The van der Waals surface area contributed by atoms with Gasteiger partial charge in [-0.2, -0.15) is 52.7 Å². The van der Waals surface area contributed by atoms with Crippen LogP contribution in [0.25, 0.3) is 0 Å². The van der Waals surface area contributed by atoms with Crippen molar-refractivity contribution in [2.45, 2.75) is 37.0 Å². The number of rotatable bonds is 6. The number of alkyl halides is 12. The number of carbonyl (C=O) groups excluding carboxylic acids is 4. The van der Waals surface area contributed by atoms with Crippen LogP contribution < -0.4 is 20.8 Å². The average molecular weight is 883 g/mol. The van der Waals surface area contributed by atoms with E-state index in [0.717, 1.165) is 37.4 Å². The Bertz CT molecular complexity index is 2730. The number of benzene rings is 5. The quantitative estimate of drug-likeness (QED) is 0.0965. The zero-order valence-electron chi connectivity index (χ0n) is 30.7. The van der Waals surface area contributed by atoms with Crippen LogP contribution in [0, 0.1) is 6.92 Å². The van der Waals surface area contributed by atoms with Crippen LogP contribution in [-0.4, -0.2) is 47.9 Å². The first kappa shape index (κ1) is 42.9. The van der Waals surface area contributed by atoms with Crippen molar-refractivity contribution in [3.8, 4) is 0 Å². The zero-order valence-corrected chi connectivity index (χ0v) is 31.6. The van der Waals surface area contributed by atoms with Crippen molar-refractivity contribution >= 4 is 52.4 Å². The summed E-state index contributed by atoms with van der Waals surface area (Å²) >= 11 is 0. The molecule has 0 aliphatic carbocycles. The normalized spacial score (nSPS) is 16.0. The first-order valence-corrected chi connectivity index (χ1v) is 19.1. The molecule has 2 aliphatic rings. The second-order valence-corrected chi connectivity index (χ2v) is 16.9. The van der Waals surface area contributed by atoms with Crippen molar-refractivity contribution in [1.82, 2.24) is 4.90 Å². The summed E-state index contributed by atoms with van der Waals surface area (Å²) in [6.45, 7) is 1.49. The molecule has 0 fully saturated rings. The summed E-state index contributed by atoms with van der Waals surface area (Å²) in [4.78, 5) is 53.6. The Morgan fingerprint density at radius 2 is 0.902 bits per heavy atom. The van der Waals surface area contributed by atoms with Crippen LogP contribution in [0.1, 0.15) is 69.2 Å². The van der Waals surface area contributed by atoms with Gasteiger partial charge in [0.1, 0.15) is 0 Å². The molecule has 316 valence electrons. The fourth-order valence-corrected chi connectivity index (χ4v) is 10.3. The Morgan fingerprint density at radius 1 is 0.459 bits per heavy atom. The van der Waals surface area contributed by atoms with E-state index >= 15 is 30.9 Å². The molecule has 0 saturated heterocycles. The maximum Gasteiger partial charge on any atom is 0.416 e. The second-order valence-electron chi connectivity index (χ2n) is 14.1. The number of carbonyl (C=O) groups is 4. The smallest absolute Gasteiger partial charge is 0.309 e. The van der Waals surface area contributed by atoms with E-state index < -0.39 is 122 Å². The summed E-state index contributed by atoms with van der Waals surface area (Å²) in [6.07, 6.45) is -23.2. The van der Waals surface area contributed by atoms with E-state index in [1.165, 1.54) is 25.1 Å². The molecule has 0 aromatic heterocycles. The molecular formula is C41H23F12N2O5P. The maximum atomic E-state index is 15.3. The lowest BCUT2D eigenvalue weighted by atomic mass is 9.71. The van der Waals surface area contributed by atoms with Crippen molar-refractivity contribution in [2.75, 3.05) is 11.9 Å². The summed E-state index contributed by atoms with van der Waals surface area (Å²) in [7, 11) is -3.88. The van der Waals surface area contributed by atoms with E-state index in [0.29, 0.717) is 34.7 Å². The van der Waals surface area contributed by atoms with Gasteiger partial charge in [-0.3, -0.25) is 24.1 Å². The fraction of sp³-hybridized carbons (Fsp3) is 0.171. The monoisotopic (exact) mass is 882 g/mol. The van der Waals surface area contributed by atoms with Gasteiger partial charge in [0, 0.05) is 23.0 Å². The number of aryl methyl sites for hydroxylation is 1. The van der Waals surface area contributed by atoms with Gasteiger partial charge in [-0.15, -0.1) is 0 Å². The minimum Gasteiger partial charge on any atom is -0.309 e. The molecule has 2 heterocycles. The molecule has 1 unspecified atom stereocenters. The number of hydrogen-bond acceptors (Lipinski definition) is 5. The molecule has 7 rings (SSSR count). The molecule has 4 amide bonds. The molecule has 20 heteroatoms. The standard InChI is InChI=1S/C41H23F12N2O5P/c1-20-5-3-7-26(13-20)61(60,28-15-23(38(42,43)44)14-24(16-28)39(45,46)47)27-8-4-6-25(19-27)55-35(58)30-12-10-22(18-32(30)36(55)59)37(40(48,49)50,41(51,52)53)21-9-11-29-31(17-21)34(57)54(2)33(29)56/h3-19H,1-2H3. The molecule has 0 spiro atoms. The summed E-state index contributed by atoms with van der Waals surface area (Å²) < 4.78 is 190. The molecular weight excluding hydrogens is 859 g/mol. The largest absolute Gasteiger partial charge is 0.416 e. The van der Waals surface area contributed by atoms with Gasteiger partial charge in [0.15, 0.2) is 7.14 Å². The van der Waals surface area contributed by atoms with E-state index in [1.807, 2.05) is 0 Å². The predicted molar refractivity (Wildman–Crippen MR) is 194 cm³/mol.